The minimum atomic E-state index is -0.801. The summed E-state index contributed by atoms with van der Waals surface area (Å²) in [5, 5.41) is 9.15. The lowest BCUT2D eigenvalue weighted by molar-refractivity contribution is -0.143. The van der Waals surface area contributed by atoms with Crippen LogP contribution in [-0.2, 0) is 14.3 Å². The minimum absolute atomic E-state index is 0.0723. The summed E-state index contributed by atoms with van der Waals surface area (Å²) < 4.78 is 5.28. The van der Waals surface area contributed by atoms with Crippen LogP contribution in [0.1, 0.15) is 19.8 Å². The molecule has 110 valence electrons. The molecule has 0 saturated carbocycles. The molecule has 0 bridgehead atoms. The van der Waals surface area contributed by atoms with E-state index in [1.165, 1.54) is 0 Å². The van der Waals surface area contributed by atoms with Crippen molar-refractivity contribution in [3.63, 3.8) is 0 Å². The highest BCUT2D eigenvalue weighted by molar-refractivity contribution is 5.75. The number of nitrogens with zero attached hydrogens (tertiary/aromatic N) is 2. The molecule has 2 unspecified atom stereocenters. The second kappa shape index (κ2) is 7.45. The summed E-state index contributed by atoms with van der Waals surface area (Å²) in [5.74, 6) is -1.15. The Hall–Kier alpha value is -1.14. The maximum absolute atomic E-state index is 11.5. The smallest absolute Gasteiger partial charge is 0.310 e. The lowest BCUT2D eigenvalue weighted by atomic mass is 10.0. The number of hydrogen-bond acceptors (Lipinski definition) is 4. The molecule has 1 saturated heterocycles. The van der Waals surface area contributed by atoms with Crippen molar-refractivity contribution in [2.45, 2.75) is 25.8 Å². The van der Waals surface area contributed by atoms with Crippen LogP contribution in [0.15, 0.2) is 0 Å². The average Bonchev–Trinajstić information content (AvgIpc) is 2.83. The number of ether oxygens (including phenoxy) is 1. The van der Waals surface area contributed by atoms with Crippen molar-refractivity contribution < 1.29 is 19.4 Å². The molecule has 1 aliphatic rings. The van der Waals surface area contributed by atoms with Gasteiger partial charge in [-0.1, -0.05) is 6.92 Å². The van der Waals surface area contributed by atoms with Gasteiger partial charge in [-0.15, -0.1) is 0 Å². The molecular weight excluding hydrogens is 248 g/mol. The van der Waals surface area contributed by atoms with Crippen LogP contribution in [0.25, 0.3) is 0 Å². The first-order valence-corrected chi connectivity index (χ1v) is 6.72. The molecule has 1 heterocycles. The van der Waals surface area contributed by atoms with E-state index in [0.29, 0.717) is 13.0 Å². The van der Waals surface area contributed by atoms with E-state index in [1.54, 1.807) is 19.0 Å². The van der Waals surface area contributed by atoms with E-state index in [4.69, 9.17) is 9.84 Å². The van der Waals surface area contributed by atoms with Crippen LogP contribution in [0.3, 0.4) is 0 Å². The minimum Gasteiger partial charge on any atom is -0.481 e. The van der Waals surface area contributed by atoms with Gasteiger partial charge in [-0.3, -0.25) is 14.5 Å². The van der Waals surface area contributed by atoms with Gasteiger partial charge in [0.25, 0.3) is 0 Å². The van der Waals surface area contributed by atoms with E-state index >= 15 is 0 Å². The summed E-state index contributed by atoms with van der Waals surface area (Å²) in [5.41, 5.74) is 0. The highest BCUT2D eigenvalue weighted by Crippen LogP contribution is 2.20. The summed E-state index contributed by atoms with van der Waals surface area (Å²) in [4.78, 5) is 26.3. The van der Waals surface area contributed by atoms with Gasteiger partial charge < -0.3 is 14.7 Å². The monoisotopic (exact) mass is 272 g/mol. The number of likely N-dealkylation sites (N-methyl/N-ethyl adjacent to an activating group) is 1. The van der Waals surface area contributed by atoms with Gasteiger partial charge in [-0.2, -0.15) is 0 Å². The molecule has 6 heteroatoms. The fraction of sp³-hybridized carbons (Fsp3) is 0.846. The van der Waals surface area contributed by atoms with Crippen molar-refractivity contribution in [1.82, 2.24) is 9.80 Å². The van der Waals surface area contributed by atoms with Crippen molar-refractivity contribution in [3.8, 4) is 0 Å². The van der Waals surface area contributed by atoms with Crippen molar-refractivity contribution >= 4 is 11.9 Å². The molecule has 0 aromatic heterocycles. The first-order valence-electron chi connectivity index (χ1n) is 6.72. The summed E-state index contributed by atoms with van der Waals surface area (Å²) >= 11 is 0. The van der Waals surface area contributed by atoms with Crippen molar-refractivity contribution in [1.29, 1.82) is 0 Å². The average molecular weight is 272 g/mol. The van der Waals surface area contributed by atoms with Gasteiger partial charge in [0.05, 0.1) is 19.1 Å². The number of carbonyl (C=O) groups is 2. The highest BCUT2D eigenvalue weighted by Gasteiger charge is 2.37. The Bertz CT molecular complexity index is 320. The molecular formula is C13H24N2O4. The van der Waals surface area contributed by atoms with E-state index in [2.05, 4.69) is 4.90 Å². The zero-order valence-electron chi connectivity index (χ0n) is 12.0. The second-order valence-corrected chi connectivity index (χ2v) is 5.07. The zero-order valence-corrected chi connectivity index (χ0v) is 12.0. The van der Waals surface area contributed by atoms with E-state index in [9.17, 15) is 9.59 Å². The van der Waals surface area contributed by atoms with Gasteiger partial charge in [0.15, 0.2) is 0 Å². The Morgan fingerprint density at radius 1 is 1.32 bits per heavy atom. The van der Waals surface area contributed by atoms with Crippen LogP contribution >= 0.6 is 0 Å². The molecule has 19 heavy (non-hydrogen) atoms. The highest BCUT2D eigenvalue weighted by atomic mass is 16.5. The number of hydrogen-bond donors (Lipinski definition) is 1. The molecule has 6 nitrogen and oxygen atoms in total. The molecule has 0 aromatic rings. The number of amides is 1. The molecule has 0 aliphatic carbocycles. The van der Waals surface area contributed by atoms with Gasteiger partial charge in [0.1, 0.15) is 0 Å². The first kappa shape index (κ1) is 15.9. The summed E-state index contributed by atoms with van der Waals surface area (Å²) in [7, 11) is 3.48. The normalized spacial score (nSPS) is 22.7. The predicted molar refractivity (Wildman–Crippen MR) is 70.9 cm³/mol. The van der Waals surface area contributed by atoms with E-state index in [0.717, 1.165) is 19.5 Å². The van der Waals surface area contributed by atoms with E-state index < -0.39 is 11.9 Å². The Kier molecular flexibility index (Phi) is 6.24. The molecule has 0 radical (unpaired) electrons. The maximum atomic E-state index is 11.5. The third kappa shape index (κ3) is 4.47. The number of rotatable bonds is 7. The van der Waals surface area contributed by atoms with Gasteiger partial charge in [-0.05, 0) is 19.5 Å². The van der Waals surface area contributed by atoms with Crippen molar-refractivity contribution in [3.05, 3.63) is 0 Å². The van der Waals surface area contributed by atoms with Crippen molar-refractivity contribution in [2.24, 2.45) is 5.92 Å². The molecule has 1 N–H and O–H groups in total. The molecule has 1 fully saturated rings. The standard InChI is InChI=1S/C13H24N2O4/c1-4-15(7-5-6-12(16)14(2)3)11-9-19-8-10(11)13(17)18/h10-11H,4-9H2,1-3H3,(H,17,18). The Morgan fingerprint density at radius 3 is 2.53 bits per heavy atom. The fourth-order valence-electron chi connectivity index (χ4n) is 2.35. The third-order valence-electron chi connectivity index (χ3n) is 3.58. The Balaban J connectivity index is 2.45. The number of carboxylic acid groups (broad SMARTS) is 1. The molecule has 1 amide bonds. The second-order valence-electron chi connectivity index (χ2n) is 5.07. The predicted octanol–water partition coefficient (Wildman–Crippen LogP) is 0.276. The summed E-state index contributed by atoms with van der Waals surface area (Å²) in [6, 6.07) is -0.0723. The maximum Gasteiger partial charge on any atom is 0.310 e. The SMILES string of the molecule is CCN(CCCC(=O)N(C)C)C1COCC1C(=O)O. The van der Waals surface area contributed by atoms with Gasteiger partial charge in [-0.25, -0.2) is 0 Å². The van der Waals surface area contributed by atoms with Gasteiger partial charge >= 0.3 is 5.97 Å². The number of aliphatic carboxylic acids is 1. The quantitative estimate of drug-likeness (QED) is 0.720. The summed E-state index contributed by atoms with van der Waals surface area (Å²) in [6.07, 6.45) is 1.24. The van der Waals surface area contributed by atoms with Crippen molar-refractivity contribution in [2.75, 3.05) is 40.4 Å². The Labute approximate surface area is 114 Å². The van der Waals surface area contributed by atoms with Crippen LogP contribution in [0.2, 0.25) is 0 Å². The third-order valence-corrected chi connectivity index (χ3v) is 3.58. The lowest BCUT2D eigenvalue weighted by Gasteiger charge is -2.29. The largest absolute Gasteiger partial charge is 0.481 e. The van der Waals surface area contributed by atoms with Gasteiger partial charge in [0, 0.05) is 26.6 Å². The van der Waals surface area contributed by atoms with Crippen LogP contribution in [0, 0.1) is 5.92 Å². The molecule has 2 atom stereocenters. The van der Waals surface area contributed by atoms with E-state index in [1.807, 2.05) is 6.92 Å². The first-order chi connectivity index (χ1) is 8.97. The summed E-state index contributed by atoms with van der Waals surface area (Å²) in [6.45, 7) is 4.26. The zero-order chi connectivity index (χ0) is 14.4. The van der Waals surface area contributed by atoms with Crippen LogP contribution in [0.5, 0.6) is 0 Å². The Morgan fingerprint density at radius 2 is 2.00 bits per heavy atom. The van der Waals surface area contributed by atoms with E-state index in [-0.39, 0.29) is 18.6 Å². The number of carbonyl (C=O) groups excluding carboxylic acids is 1. The molecule has 0 spiro atoms. The fourth-order valence-corrected chi connectivity index (χ4v) is 2.35. The lowest BCUT2D eigenvalue weighted by Crippen LogP contribution is -2.43. The van der Waals surface area contributed by atoms with Crippen LogP contribution in [0.4, 0.5) is 0 Å². The van der Waals surface area contributed by atoms with Crippen LogP contribution < -0.4 is 0 Å². The van der Waals surface area contributed by atoms with Crippen LogP contribution in [-0.4, -0.2) is 73.2 Å². The molecule has 1 rings (SSSR count). The van der Waals surface area contributed by atoms with Gasteiger partial charge in [0.2, 0.25) is 5.91 Å². The molecule has 0 aromatic carbocycles. The number of carboxylic acids is 1. The topological polar surface area (TPSA) is 70.1 Å². The molecule has 1 aliphatic heterocycles.